The number of hydrogen-bond donors (Lipinski definition) is 1. The lowest BCUT2D eigenvalue weighted by Gasteiger charge is -2.20. The van der Waals surface area contributed by atoms with Gasteiger partial charge in [0.15, 0.2) is 0 Å². The Bertz CT molecular complexity index is 572. The molecule has 7 heteroatoms. The minimum atomic E-state index is -3.73. The molecule has 98 valence electrons. The van der Waals surface area contributed by atoms with Gasteiger partial charge in [0.1, 0.15) is 6.04 Å². The molecule has 2 rings (SSSR count). The normalized spacial score (nSPS) is 21.1. The van der Waals surface area contributed by atoms with E-state index in [1.54, 1.807) is 12.1 Å². The molecule has 18 heavy (non-hydrogen) atoms. The molecule has 1 fully saturated rings. The number of aliphatic carboxylic acids is 1. The molecule has 1 aliphatic heterocycles. The van der Waals surface area contributed by atoms with Gasteiger partial charge in [-0.3, -0.25) is 4.79 Å². The molecule has 1 aromatic rings. The van der Waals surface area contributed by atoms with Crippen LogP contribution in [0.5, 0.6) is 0 Å². The molecular weight excluding hydrogens is 322 g/mol. The fourth-order valence-corrected chi connectivity index (χ4v) is 4.29. The molecule has 0 radical (unpaired) electrons. The predicted molar refractivity (Wildman–Crippen MR) is 68.7 cm³/mol. The van der Waals surface area contributed by atoms with Crippen molar-refractivity contribution in [3.63, 3.8) is 0 Å². The van der Waals surface area contributed by atoms with Gasteiger partial charge in [0.25, 0.3) is 0 Å². The summed E-state index contributed by atoms with van der Waals surface area (Å²) in [4.78, 5) is 11.2. The Morgan fingerprint density at radius 1 is 1.44 bits per heavy atom. The van der Waals surface area contributed by atoms with Crippen LogP contribution < -0.4 is 0 Å². The van der Waals surface area contributed by atoms with Crippen molar-refractivity contribution in [2.24, 2.45) is 0 Å². The first kappa shape index (κ1) is 13.5. The van der Waals surface area contributed by atoms with E-state index in [1.165, 1.54) is 12.1 Å². The summed E-state index contributed by atoms with van der Waals surface area (Å²) in [6.07, 6.45) is 0.937. The van der Waals surface area contributed by atoms with Crippen LogP contribution in [-0.2, 0) is 14.8 Å². The Balaban J connectivity index is 2.40. The van der Waals surface area contributed by atoms with Gasteiger partial charge in [-0.2, -0.15) is 4.31 Å². The maximum Gasteiger partial charge on any atom is 0.322 e. The van der Waals surface area contributed by atoms with Crippen LogP contribution in [0.15, 0.2) is 33.6 Å². The van der Waals surface area contributed by atoms with Crippen LogP contribution in [0.1, 0.15) is 12.8 Å². The van der Waals surface area contributed by atoms with Gasteiger partial charge in [-0.05, 0) is 31.0 Å². The molecule has 0 saturated carbocycles. The summed E-state index contributed by atoms with van der Waals surface area (Å²) in [7, 11) is -3.73. The fourth-order valence-electron chi connectivity index (χ4n) is 2.04. The molecule has 1 atom stereocenters. The smallest absolute Gasteiger partial charge is 0.322 e. The molecule has 1 saturated heterocycles. The van der Waals surface area contributed by atoms with Crippen LogP contribution in [0.4, 0.5) is 0 Å². The molecule has 5 nitrogen and oxygen atoms in total. The minimum Gasteiger partial charge on any atom is -0.480 e. The quantitative estimate of drug-likeness (QED) is 0.913. The van der Waals surface area contributed by atoms with Gasteiger partial charge >= 0.3 is 5.97 Å². The van der Waals surface area contributed by atoms with Gasteiger partial charge in [0, 0.05) is 11.0 Å². The van der Waals surface area contributed by atoms with E-state index in [0.29, 0.717) is 17.3 Å². The van der Waals surface area contributed by atoms with Gasteiger partial charge in [-0.25, -0.2) is 8.42 Å². The van der Waals surface area contributed by atoms with Crippen LogP contribution in [0.3, 0.4) is 0 Å². The second kappa shape index (κ2) is 4.99. The zero-order chi connectivity index (χ0) is 13.3. The number of halogens is 1. The zero-order valence-electron chi connectivity index (χ0n) is 9.41. The van der Waals surface area contributed by atoms with Crippen molar-refractivity contribution in [2.75, 3.05) is 6.54 Å². The van der Waals surface area contributed by atoms with Crippen molar-refractivity contribution in [1.29, 1.82) is 0 Å². The highest BCUT2D eigenvalue weighted by molar-refractivity contribution is 9.10. The first-order valence-electron chi connectivity index (χ1n) is 5.43. The lowest BCUT2D eigenvalue weighted by atomic mass is 10.2. The Morgan fingerprint density at radius 2 is 2.17 bits per heavy atom. The lowest BCUT2D eigenvalue weighted by Crippen LogP contribution is -2.40. The van der Waals surface area contributed by atoms with Crippen molar-refractivity contribution in [3.05, 3.63) is 28.7 Å². The van der Waals surface area contributed by atoms with Crippen molar-refractivity contribution < 1.29 is 18.3 Å². The largest absolute Gasteiger partial charge is 0.480 e. The predicted octanol–water partition coefficient (Wildman–Crippen LogP) is 1.69. The fraction of sp³-hybridized carbons (Fsp3) is 0.364. The van der Waals surface area contributed by atoms with Gasteiger partial charge < -0.3 is 5.11 Å². The number of nitrogens with zero attached hydrogens (tertiary/aromatic N) is 1. The third-order valence-electron chi connectivity index (χ3n) is 2.89. The average molecular weight is 334 g/mol. The molecular formula is C11H12BrNO4S. The van der Waals surface area contributed by atoms with E-state index in [4.69, 9.17) is 5.11 Å². The van der Waals surface area contributed by atoms with E-state index >= 15 is 0 Å². The summed E-state index contributed by atoms with van der Waals surface area (Å²) in [5, 5.41) is 9.03. The number of carboxylic acid groups (broad SMARTS) is 1. The molecule has 1 N–H and O–H groups in total. The summed E-state index contributed by atoms with van der Waals surface area (Å²) >= 11 is 3.21. The first-order chi connectivity index (χ1) is 8.43. The topological polar surface area (TPSA) is 74.7 Å². The summed E-state index contributed by atoms with van der Waals surface area (Å²) < 4.78 is 26.4. The van der Waals surface area contributed by atoms with E-state index in [1.807, 2.05) is 0 Å². The maximum atomic E-state index is 12.3. The average Bonchev–Trinajstić information content (AvgIpc) is 2.78. The van der Waals surface area contributed by atoms with Crippen molar-refractivity contribution >= 4 is 31.9 Å². The van der Waals surface area contributed by atoms with Gasteiger partial charge in [0.2, 0.25) is 10.0 Å². The number of carbonyl (C=O) groups is 1. The van der Waals surface area contributed by atoms with Crippen molar-refractivity contribution in [3.8, 4) is 0 Å². The van der Waals surface area contributed by atoms with Crippen molar-refractivity contribution in [1.82, 2.24) is 4.31 Å². The standard InChI is InChI=1S/C11H12BrNO4S/c12-8-3-1-4-9(7-8)18(16,17)13-6-2-5-10(13)11(14)15/h1,3-4,7,10H,2,5-6H2,(H,14,15). The molecule has 1 heterocycles. The Labute approximate surface area is 114 Å². The Morgan fingerprint density at radius 3 is 2.78 bits per heavy atom. The van der Waals surface area contributed by atoms with E-state index in [2.05, 4.69) is 15.9 Å². The summed E-state index contributed by atoms with van der Waals surface area (Å²) in [5.41, 5.74) is 0. The third-order valence-corrected chi connectivity index (χ3v) is 5.29. The van der Waals surface area contributed by atoms with Crippen LogP contribution >= 0.6 is 15.9 Å². The van der Waals surface area contributed by atoms with E-state index < -0.39 is 22.0 Å². The number of carboxylic acids is 1. The zero-order valence-corrected chi connectivity index (χ0v) is 11.8. The highest BCUT2D eigenvalue weighted by Crippen LogP contribution is 2.27. The van der Waals surface area contributed by atoms with Gasteiger partial charge in [-0.15, -0.1) is 0 Å². The third kappa shape index (κ3) is 2.43. The minimum absolute atomic E-state index is 0.116. The molecule has 0 spiro atoms. The summed E-state index contributed by atoms with van der Waals surface area (Å²) in [6.45, 7) is 0.256. The Hall–Kier alpha value is -0.920. The van der Waals surface area contributed by atoms with Gasteiger partial charge in [0.05, 0.1) is 4.90 Å². The lowest BCUT2D eigenvalue weighted by molar-refractivity contribution is -0.140. The molecule has 0 bridgehead atoms. The molecule has 1 unspecified atom stereocenters. The molecule has 1 aromatic carbocycles. The monoisotopic (exact) mass is 333 g/mol. The van der Waals surface area contributed by atoms with Crippen LogP contribution in [0, 0.1) is 0 Å². The van der Waals surface area contributed by atoms with E-state index in [0.717, 1.165) is 4.31 Å². The van der Waals surface area contributed by atoms with E-state index in [9.17, 15) is 13.2 Å². The van der Waals surface area contributed by atoms with Gasteiger partial charge in [-0.1, -0.05) is 22.0 Å². The second-order valence-electron chi connectivity index (χ2n) is 4.07. The van der Waals surface area contributed by atoms with Crippen LogP contribution in [0.2, 0.25) is 0 Å². The number of hydrogen-bond acceptors (Lipinski definition) is 3. The summed E-state index contributed by atoms with van der Waals surface area (Å²) in [5.74, 6) is -1.09. The van der Waals surface area contributed by atoms with Crippen LogP contribution in [-0.4, -0.2) is 36.4 Å². The number of sulfonamides is 1. The maximum absolute atomic E-state index is 12.3. The highest BCUT2D eigenvalue weighted by atomic mass is 79.9. The second-order valence-corrected chi connectivity index (χ2v) is 6.88. The number of rotatable bonds is 3. The first-order valence-corrected chi connectivity index (χ1v) is 7.66. The Kier molecular flexibility index (Phi) is 3.74. The molecule has 1 aliphatic rings. The number of benzene rings is 1. The van der Waals surface area contributed by atoms with E-state index in [-0.39, 0.29) is 11.4 Å². The molecule has 0 aromatic heterocycles. The molecule has 0 aliphatic carbocycles. The SMILES string of the molecule is O=C(O)C1CCCN1S(=O)(=O)c1cccc(Br)c1. The summed E-state index contributed by atoms with van der Waals surface area (Å²) in [6, 6.07) is 5.33. The highest BCUT2D eigenvalue weighted by Gasteiger charge is 2.39. The van der Waals surface area contributed by atoms with Crippen LogP contribution in [0.25, 0.3) is 0 Å². The molecule has 0 amide bonds. The van der Waals surface area contributed by atoms with Crippen molar-refractivity contribution in [2.45, 2.75) is 23.8 Å².